The third-order valence-electron chi connectivity index (χ3n) is 2.65. The minimum atomic E-state index is 0.363. The third-order valence-corrected chi connectivity index (χ3v) is 2.65. The minimum Gasteiger partial charge on any atom is -0.299 e. The van der Waals surface area contributed by atoms with Crippen molar-refractivity contribution in [3.05, 3.63) is 34.4 Å². The molecule has 12 heavy (non-hydrogen) atoms. The van der Waals surface area contributed by atoms with Crippen LogP contribution in [0.15, 0.2) is 12.1 Å². The molecule has 2 rings (SSSR count). The number of carbonyl (C=O) groups excluding carboxylic acids is 1. The molecular formula is C11H12O. The summed E-state index contributed by atoms with van der Waals surface area (Å²) in [6.07, 6.45) is 1.31. The average Bonchev–Trinajstić information content (AvgIpc) is 2.41. The molecule has 0 saturated heterocycles. The third kappa shape index (κ3) is 0.970. The van der Waals surface area contributed by atoms with E-state index in [1.54, 1.807) is 0 Å². The number of hydrogen-bond acceptors (Lipinski definition) is 1. The summed E-state index contributed by atoms with van der Waals surface area (Å²) in [7, 11) is 0. The predicted octanol–water partition coefficient (Wildman–Crippen LogP) is 1.97. The maximum atomic E-state index is 11.2. The Labute approximate surface area is 72.4 Å². The quantitative estimate of drug-likeness (QED) is 0.567. The highest BCUT2D eigenvalue weighted by molar-refractivity contribution is 5.89. The lowest BCUT2D eigenvalue weighted by Gasteiger charge is -2.05. The summed E-state index contributed by atoms with van der Waals surface area (Å²) >= 11 is 0. The first-order chi connectivity index (χ1) is 5.68. The van der Waals surface area contributed by atoms with Gasteiger partial charge in [0.25, 0.3) is 0 Å². The molecule has 0 bridgehead atoms. The fourth-order valence-electron chi connectivity index (χ4n) is 1.88. The molecule has 0 heterocycles. The second kappa shape index (κ2) is 2.44. The Bertz CT molecular complexity index is 317. The smallest absolute Gasteiger partial charge is 0.141 e. The summed E-state index contributed by atoms with van der Waals surface area (Å²) in [5.41, 5.74) is 5.09. The molecule has 1 nitrogen and oxygen atoms in total. The van der Waals surface area contributed by atoms with Gasteiger partial charge < -0.3 is 0 Å². The highest BCUT2D eigenvalue weighted by Crippen LogP contribution is 2.25. The fraction of sp³-hybridized carbons (Fsp3) is 0.364. The monoisotopic (exact) mass is 160 g/mol. The molecule has 0 atom stereocenters. The summed E-state index contributed by atoms with van der Waals surface area (Å²) in [4.78, 5) is 11.2. The summed E-state index contributed by atoms with van der Waals surface area (Å²) in [6.45, 7) is 4.16. The molecule has 1 aliphatic rings. The molecule has 0 saturated carbocycles. The van der Waals surface area contributed by atoms with Gasteiger partial charge in [-0.15, -0.1) is 0 Å². The van der Waals surface area contributed by atoms with Crippen molar-refractivity contribution >= 4 is 5.78 Å². The van der Waals surface area contributed by atoms with Crippen molar-refractivity contribution in [1.82, 2.24) is 0 Å². The molecule has 0 aliphatic heterocycles. The highest BCUT2D eigenvalue weighted by atomic mass is 16.1. The van der Waals surface area contributed by atoms with Gasteiger partial charge in [0.15, 0.2) is 0 Å². The minimum absolute atomic E-state index is 0.363. The van der Waals surface area contributed by atoms with Gasteiger partial charge in [-0.3, -0.25) is 4.79 Å². The van der Waals surface area contributed by atoms with Gasteiger partial charge in [0, 0.05) is 12.8 Å². The summed E-state index contributed by atoms with van der Waals surface area (Å²) in [5.74, 6) is 0.363. The zero-order valence-electron chi connectivity index (χ0n) is 7.48. The van der Waals surface area contributed by atoms with Crippen molar-refractivity contribution in [3.8, 4) is 0 Å². The predicted molar refractivity (Wildman–Crippen MR) is 48.3 cm³/mol. The van der Waals surface area contributed by atoms with Gasteiger partial charge in [0.05, 0.1) is 0 Å². The number of benzene rings is 1. The van der Waals surface area contributed by atoms with Crippen molar-refractivity contribution < 1.29 is 4.79 Å². The molecule has 0 radical (unpaired) electrons. The summed E-state index contributed by atoms with van der Waals surface area (Å²) in [6, 6.07) is 4.21. The Morgan fingerprint density at radius 2 is 1.42 bits per heavy atom. The van der Waals surface area contributed by atoms with E-state index >= 15 is 0 Å². The molecule has 0 spiro atoms. The SMILES string of the molecule is Cc1ccc(C)c2c1CC(=O)C2. The number of aryl methyl sites for hydroxylation is 2. The molecule has 1 aliphatic carbocycles. The summed E-state index contributed by atoms with van der Waals surface area (Å²) < 4.78 is 0. The van der Waals surface area contributed by atoms with Gasteiger partial charge >= 0.3 is 0 Å². The van der Waals surface area contributed by atoms with Crippen LogP contribution in [0.1, 0.15) is 22.3 Å². The van der Waals surface area contributed by atoms with E-state index in [2.05, 4.69) is 26.0 Å². The van der Waals surface area contributed by atoms with Crippen LogP contribution >= 0.6 is 0 Å². The molecule has 0 unspecified atom stereocenters. The van der Waals surface area contributed by atoms with Crippen molar-refractivity contribution in [2.24, 2.45) is 0 Å². The van der Waals surface area contributed by atoms with E-state index in [9.17, 15) is 4.79 Å². The first-order valence-corrected chi connectivity index (χ1v) is 4.28. The van der Waals surface area contributed by atoms with Gasteiger partial charge in [-0.1, -0.05) is 12.1 Å². The number of ketones is 1. The Hall–Kier alpha value is -1.11. The van der Waals surface area contributed by atoms with Crippen LogP contribution in [0.5, 0.6) is 0 Å². The van der Waals surface area contributed by atoms with Gasteiger partial charge in [-0.05, 0) is 36.1 Å². The van der Waals surface area contributed by atoms with Crippen LogP contribution < -0.4 is 0 Å². The maximum absolute atomic E-state index is 11.2. The zero-order chi connectivity index (χ0) is 8.72. The van der Waals surface area contributed by atoms with Crippen LogP contribution in [-0.4, -0.2) is 5.78 Å². The Morgan fingerprint density at radius 3 is 1.83 bits per heavy atom. The van der Waals surface area contributed by atoms with Crippen LogP contribution in [-0.2, 0) is 17.6 Å². The second-order valence-electron chi connectivity index (χ2n) is 3.55. The lowest BCUT2D eigenvalue weighted by Crippen LogP contribution is -1.93. The molecule has 1 heteroatoms. The van der Waals surface area contributed by atoms with Gasteiger partial charge in [0.1, 0.15) is 5.78 Å². The van der Waals surface area contributed by atoms with Crippen LogP contribution in [0.4, 0.5) is 0 Å². The number of fused-ring (bicyclic) bond motifs is 1. The normalized spacial score (nSPS) is 15.0. The Balaban J connectivity index is 2.64. The van der Waals surface area contributed by atoms with E-state index < -0.39 is 0 Å². The van der Waals surface area contributed by atoms with Gasteiger partial charge in [-0.2, -0.15) is 0 Å². The van der Waals surface area contributed by atoms with E-state index in [1.807, 2.05) is 0 Å². The van der Waals surface area contributed by atoms with E-state index in [0.717, 1.165) is 0 Å². The van der Waals surface area contributed by atoms with Crippen molar-refractivity contribution in [2.45, 2.75) is 26.7 Å². The van der Waals surface area contributed by atoms with E-state index in [1.165, 1.54) is 22.3 Å². The highest BCUT2D eigenvalue weighted by Gasteiger charge is 2.21. The standard InChI is InChI=1S/C11H12O/c1-7-3-4-8(2)11-6-9(12)5-10(7)11/h3-4H,5-6H2,1-2H3. The van der Waals surface area contributed by atoms with Gasteiger partial charge in [-0.25, -0.2) is 0 Å². The van der Waals surface area contributed by atoms with Crippen molar-refractivity contribution in [2.75, 3.05) is 0 Å². The second-order valence-corrected chi connectivity index (χ2v) is 3.55. The van der Waals surface area contributed by atoms with Crippen LogP contribution in [0.2, 0.25) is 0 Å². The van der Waals surface area contributed by atoms with E-state index in [0.29, 0.717) is 18.6 Å². The lowest BCUT2D eigenvalue weighted by molar-refractivity contribution is -0.117. The number of hydrogen-bond donors (Lipinski definition) is 0. The molecule has 1 aromatic rings. The topological polar surface area (TPSA) is 17.1 Å². The van der Waals surface area contributed by atoms with E-state index in [-0.39, 0.29) is 0 Å². The molecular weight excluding hydrogens is 148 g/mol. The van der Waals surface area contributed by atoms with Gasteiger partial charge in [0.2, 0.25) is 0 Å². The number of Topliss-reactive ketones (excluding diaryl/α,β-unsaturated/α-hetero) is 1. The first-order valence-electron chi connectivity index (χ1n) is 4.28. The average molecular weight is 160 g/mol. The molecule has 0 N–H and O–H groups in total. The molecule has 0 amide bonds. The number of rotatable bonds is 0. The van der Waals surface area contributed by atoms with Crippen molar-refractivity contribution in [1.29, 1.82) is 0 Å². The Kier molecular flexibility index (Phi) is 1.53. The van der Waals surface area contributed by atoms with Crippen molar-refractivity contribution in [3.63, 3.8) is 0 Å². The van der Waals surface area contributed by atoms with Crippen LogP contribution in [0.3, 0.4) is 0 Å². The molecule has 1 aromatic carbocycles. The Morgan fingerprint density at radius 1 is 1.00 bits per heavy atom. The number of carbonyl (C=O) groups is 1. The first kappa shape index (κ1) is 7.53. The molecule has 62 valence electrons. The van der Waals surface area contributed by atoms with Crippen LogP contribution in [0, 0.1) is 13.8 Å². The fourth-order valence-corrected chi connectivity index (χ4v) is 1.88. The molecule has 0 aromatic heterocycles. The largest absolute Gasteiger partial charge is 0.299 e. The summed E-state index contributed by atoms with van der Waals surface area (Å²) in [5, 5.41) is 0. The maximum Gasteiger partial charge on any atom is 0.141 e. The lowest BCUT2D eigenvalue weighted by atomic mass is 10.0. The zero-order valence-corrected chi connectivity index (χ0v) is 7.48. The molecule has 0 fully saturated rings. The van der Waals surface area contributed by atoms with E-state index in [4.69, 9.17) is 0 Å². The van der Waals surface area contributed by atoms with Crippen LogP contribution in [0.25, 0.3) is 0 Å².